The van der Waals surface area contributed by atoms with Crippen LogP contribution in [-0.2, 0) is 4.79 Å². The molecule has 2 aliphatic rings. The van der Waals surface area contributed by atoms with Crippen molar-refractivity contribution < 1.29 is 32.5 Å². The van der Waals surface area contributed by atoms with Crippen LogP contribution in [0, 0.1) is 5.41 Å². The summed E-state index contributed by atoms with van der Waals surface area (Å²) < 4.78 is 53.6. The van der Waals surface area contributed by atoms with E-state index in [0.29, 0.717) is 38.5 Å². The minimum atomic E-state index is -4.71. The molecule has 3 heterocycles. The zero-order valence-corrected chi connectivity index (χ0v) is 23.2. The first kappa shape index (κ1) is 29.4. The molecule has 1 spiro atoms. The van der Waals surface area contributed by atoms with Gasteiger partial charge in [0.15, 0.2) is 0 Å². The number of piperidine rings is 1. The standard InChI is InChI=1S/C30H34F3N5O4/c1-2-15-41-22-9-7-20(8-10-22)19-3-5-21(6-4-19)26(30(31,32)33)42-25-16-24(36-28(34)37-25)38-13-11-29(12-14-38)17-23(27(39)40)35-18-29/h3-10,16,23,26,35H,2,11-15,17-18H2,1H3,(H,39,40)(H2,34,36,37)/t23-,26+/m0/s1. The number of nitrogens with one attached hydrogen (secondary N) is 1. The number of hydrogen-bond acceptors (Lipinski definition) is 8. The number of nitrogens with two attached hydrogens (primary N) is 1. The number of benzene rings is 2. The molecule has 0 radical (unpaired) electrons. The van der Waals surface area contributed by atoms with Crippen LogP contribution in [0.3, 0.4) is 0 Å². The van der Waals surface area contributed by atoms with E-state index in [-0.39, 0.29) is 22.8 Å². The lowest BCUT2D eigenvalue weighted by molar-refractivity contribution is -0.198. The number of ether oxygens (including phenoxy) is 2. The van der Waals surface area contributed by atoms with Gasteiger partial charge in [0, 0.05) is 31.3 Å². The van der Waals surface area contributed by atoms with Crippen LogP contribution < -0.4 is 25.4 Å². The lowest BCUT2D eigenvalue weighted by Gasteiger charge is -2.39. The molecular weight excluding hydrogens is 551 g/mol. The molecule has 2 atom stereocenters. The van der Waals surface area contributed by atoms with Gasteiger partial charge in [0.25, 0.3) is 0 Å². The predicted octanol–water partition coefficient (Wildman–Crippen LogP) is 5.23. The molecule has 0 bridgehead atoms. The average molecular weight is 586 g/mol. The van der Waals surface area contributed by atoms with Crippen LogP contribution in [0.5, 0.6) is 11.6 Å². The van der Waals surface area contributed by atoms with Gasteiger partial charge < -0.3 is 30.5 Å². The van der Waals surface area contributed by atoms with Gasteiger partial charge in [0.1, 0.15) is 17.6 Å². The molecule has 0 unspecified atom stereocenters. The maximum absolute atomic E-state index is 14.2. The summed E-state index contributed by atoms with van der Waals surface area (Å²) in [6, 6.07) is 14.2. The second kappa shape index (κ2) is 12.0. The third-order valence-corrected chi connectivity index (χ3v) is 7.92. The highest BCUT2D eigenvalue weighted by Gasteiger charge is 2.45. The number of alkyl halides is 3. The van der Waals surface area contributed by atoms with E-state index in [1.54, 1.807) is 12.1 Å². The molecule has 2 aliphatic heterocycles. The van der Waals surface area contributed by atoms with Gasteiger partial charge >= 0.3 is 12.1 Å². The molecule has 12 heteroatoms. The van der Waals surface area contributed by atoms with E-state index < -0.39 is 24.3 Å². The molecule has 1 aromatic heterocycles. The van der Waals surface area contributed by atoms with Crippen molar-refractivity contribution in [1.82, 2.24) is 15.3 Å². The fourth-order valence-corrected chi connectivity index (χ4v) is 5.59. The van der Waals surface area contributed by atoms with Crippen molar-refractivity contribution in [3.8, 4) is 22.8 Å². The van der Waals surface area contributed by atoms with Crippen LogP contribution in [0.1, 0.15) is 44.3 Å². The molecule has 2 aromatic carbocycles. The maximum Gasteiger partial charge on any atom is 0.429 e. The van der Waals surface area contributed by atoms with Crippen molar-refractivity contribution in [1.29, 1.82) is 0 Å². The Morgan fingerprint density at radius 3 is 2.33 bits per heavy atom. The summed E-state index contributed by atoms with van der Waals surface area (Å²) in [4.78, 5) is 21.5. The number of carbonyl (C=O) groups is 1. The van der Waals surface area contributed by atoms with Crippen molar-refractivity contribution in [3.05, 3.63) is 60.2 Å². The predicted molar refractivity (Wildman–Crippen MR) is 151 cm³/mol. The number of aromatic nitrogens is 2. The number of anilines is 2. The number of halogens is 3. The van der Waals surface area contributed by atoms with Gasteiger partial charge in [-0.25, -0.2) is 0 Å². The largest absolute Gasteiger partial charge is 0.494 e. The molecule has 3 aromatic rings. The normalized spacial score (nSPS) is 19.0. The smallest absolute Gasteiger partial charge is 0.429 e. The lowest BCUT2D eigenvalue weighted by atomic mass is 9.76. The summed E-state index contributed by atoms with van der Waals surface area (Å²) in [5, 5.41) is 12.4. The Labute approximate surface area is 241 Å². The van der Waals surface area contributed by atoms with Gasteiger partial charge in [-0.05, 0) is 54.4 Å². The molecule has 224 valence electrons. The first-order chi connectivity index (χ1) is 20.0. The van der Waals surface area contributed by atoms with Gasteiger partial charge in [-0.1, -0.05) is 43.3 Å². The number of carboxylic acid groups (broad SMARTS) is 1. The van der Waals surface area contributed by atoms with Gasteiger partial charge in [0.05, 0.1) is 6.61 Å². The van der Waals surface area contributed by atoms with Crippen LogP contribution in [0.15, 0.2) is 54.6 Å². The summed E-state index contributed by atoms with van der Waals surface area (Å²) in [5.41, 5.74) is 7.28. The molecule has 0 saturated carbocycles. The highest BCUT2D eigenvalue weighted by atomic mass is 19.4. The monoisotopic (exact) mass is 585 g/mol. The van der Waals surface area contributed by atoms with E-state index in [4.69, 9.17) is 15.2 Å². The number of rotatable bonds is 9. The zero-order valence-electron chi connectivity index (χ0n) is 23.2. The van der Waals surface area contributed by atoms with Crippen molar-refractivity contribution in [2.75, 3.05) is 36.9 Å². The number of nitrogens with zero attached hydrogens (tertiary/aromatic N) is 3. The van der Waals surface area contributed by atoms with Crippen LogP contribution in [0.2, 0.25) is 0 Å². The van der Waals surface area contributed by atoms with Crippen molar-refractivity contribution in [2.24, 2.45) is 5.41 Å². The molecule has 2 saturated heterocycles. The van der Waals surface area contributed by atoms with E-state index in [1.165, 1.54) is 18.2 Å². The van der Waals surface area contributed by atoms with Crippen LogP contribution in [-0.4, -0.2) is 59.5 Å². The van der Waals surface area contributed by atoms with Gasteiger partial charge in [-0.15, -0.1) is 0 Å². The molecule has 0 aliphatic carbocycles. The Bertz CT molecular complexity index is 1380. The molecule has 42 heavy (non-hydrogen) atoms. The summed E-state index contributed by atoms with van der Waals surface area (Å²) in [6.07, 6.45) is -4.11. The van der Waals surface area contributed by atoms with E-state index >= 15 is 0 Å². The molecule has 4 N–H and O–H groups in total. The Hall–Kier alpha value is -4.06. The van der Waals surface area contributed by atoms with Crippen LogP contribution in [0.4, 0.5) is 24.9 Å². The zero-order chi connectivity index (χ0) is 29.9. The first-order valence-electron chi connectivity index (χ1n) is 14.0. The van der Waals surface area contributed by atoms with E-state index in [0.717, 1.165) is 36.1 Å². The van der Waals surface area contributed by atoms with E-state index in [9.17, 15) is 23.1 Å². The quantitative estimate of drug-likeness (QED) is 0.310. The van der Waals surface area contributed by atoms with Crippen molar-refractivity contribution in [3.63, 3.8) is 0 Å². The fourth-order valence-electron chi connectivity index (χ4n) is 5.59. The Kier molecular flexibility index (Phi) is 8.44. The Morgan fingerprint density at radius 2 is 1.76 bits per heavy atom. The second-order valence-electron chi connectivity index (χ2n) is 10.9. The van der Waals surface area contributed by atoms with Crippen molar-refractivity contribution >= 4 is 17.7 Å². The molecule has 9 nitrogen and oxygen atoms in total. The Balaban J connectivity index is 1.29. The third-order valence-electron chi connectivity index (χ3n) is 7.92. The fraction of sp³-hybridized carbons (Fsp3) is 0.433. The lowest BCUT2D eigenvalue weighted by Crippen LogP contribution is -2.41. The van der Waals surface area contributed by atoms with Gasteiger partial charge in [-0.3, -0.25) is 4.79 Å². The summed E-state index contributed by atoms with van der Waals surface area (Å²) >= 11 is 0. The molecule has 5 rings (SSSR count). The SMILES string of the molecule is CCCOc1ccc(-c2ccc([C@@H](Oc3cc(N4CCC5(CC4)CN[C@H](C(=O)O)C5)nc(N)n3)C(F)(F)F)cc2)cc1. The number of nitrogen functional groups attached to an aromatic ring is 1. The topological polar surface area (TPSA) is 123 Å². The maximum atomic E-state index is 14.2. The highest BCUT2D eigenvalue weighted by molar-refractivity contribution is 5.74. The van der Waals surface area contributed by atoms with Crippen molar-refractivity contribution in [2.45, 2.75) is 50.9 Å². The highest BCUT2D eigenvalue weighted by Crippen LogP contribution is 2.41. The number of carboxylic acids is 1. The third kappa shape index (κ3) is 6.70. The summed E-state index contributed by atoms with van der Waals surface area (Å²) in [7, 11) is 0. The number of hydrogen-bond donors (Lipinski definition) is 3. The van der Waals surface area contributed by atoms with Gasteiger partial charge in [0.2, 0.25) is 17.9 Å². The molecule has 2 fully saturated rings. The summed E-state index contributed by atoms with van der Waals surface area (Å²) in [6.45, 7) is 4.35. The van der Waals surface area contributed by atoms with Gasteiger partial charge in [-0.2, -0.15) is 23.1 Å². The average Bonchev–Trinajstić information content (AvgIpc) is 3.38. The first-order valence-corrected chi connectivity index (χ1v) is 14.0. The number of aliphatic carboxylic acids is 1. The second-order valence-corrected chi connectivity index (χ2v) is 10.9. The summed E-state index contributed by atoms with van der Waals surface area (Å²) in [5.74, 6) is -0.229. The van der Waals surface area contributed by atoms with E-state index in [2.05, 4.69) is 15.3 Å². The molecule has 0 amide bonds. The van der Waals surface area contributed by atoms with E-state index in [1.807, 2.05) is 36.1 Å². The molecular formula is C30H34F3N5O4. The minimum Gasteiger partial charge on any atom is -0.494 e. The minimum absolute atomic E-state index is 0.0745. The van der Waals surface area contributed by atoms with Crippen LogP contribution in [0.25, 0.3) is 11.1 Å². The Morgan fingerprint density at radius 1 is 1.12 bits per heavy atom. The van der Waals surface area contributed by atoms with Crippen LogP contribution >= 0.6 is 0 Å².